The van der Waals surface area contributed by atoms with Crippen LogP contribution in [0.5, 0.6) is 0 Å². The highest BCUT2D eigenvalue weighted by Gasteiger charge is 2.05. The predicted molar refractivity (Wildman–Crippen MR) is 118 cm³/mol. The van der Waals surface area contributed by atoms with E-state index in [-0.39, 0.29) is 22.0 Å². The van der Waals surface area contributed by atoms with E-state index in [1.165, 1.54) is 48.5 Å². The molecular weight excluding hydrogens is 412 g/mol. The average molecular weight is 430 g/mol. The van der Waals surface area contributed by atoms with Gasteiger partial charge in [-0.05, 0) is 48.5 Å². The van der Waals surface area contributed by atoms with Crippen LogP contribution in [0.3, 0.4) is 0 Å². The number of benzene rings is 2. The molecule has 0 aliphatic heterocycles. The molecule has 2 aromatic carbocycles. The number of hydrogen-bond acceptors (Lipinski definition) is 4. The Labute approximate surface area is 181 Å². The Morgan fingerprint density at radius 1 is 0.500 bits per heavy atom. The Hall–Kier alpha value is -4.72. The minimum atomic E-state index is -1.06. The molecule has 0 aliphatic rings. The lowest BCUT2D eigenvalue weighted by molar-refractivity contribution is 0.0681. The summed E-state index contributed by atoms with van der Waals surface area (Å²) in [4.78, 5) is 42.8. The molecule has 160 valence electrons. The van der Waals surface area contributed by atoms with Crippen molar-refractivity contribution < 1.29 is 19.8 Å². The quantitative estimate of drug-likeness (QED) is 0.514. The van der Waals surface area contributed by atoms with Crippen LogP contribution in [0.25, 0.3) is 11.4 Å². The molecule has 32 heavy (non-hydrogen) atoms. The Morgan fingerprint density at radius 2 is 0.781 bits per heavy atom. The van der Waals surface area contributed by atoms with Crippen LogP contribution in [0.2, 0.25) is 0 Å². The third-order valence-electron chi connectivity index (χ3n) is 4.42. The van der Waals surface area contributed by atoms with Crippen molar-refractivity contribution >= 4 is 11.9 Å². The van der Waals surface area contributed by atoms with E-state index >= 15 is 0 Å². The number of nitrogens with zero attached hydrogens (tertiary/aromatic N) is 2. The van der Waals surface area contributed by atoms with E-state index in [2.05, 4.69) is 0 Å². The number of carboxylic acids is 2. The zero-order valence-electron chi connectivity index (χ0n) is 16.7. The highest BCUT2D eigenvalue weighted by Crippen LogP contribution is 2.12. The second-order valence-corrected chi connectivity index (χ2v) is 6.59. The van der Waals surface area contributed by atoms with Gasteiger partial charge in [0.15, 0.2) is 10.9 Å². The first-order valence-electron chi connectivity index (χ1n) is 9.37. The van der Waals surface area contributed by atoms with Crippen molar-refractivity contribution in [2.24, 2.45) is 0 Å². The van der Waals surface area contributed by atoms with Crippen molar-refractivity contribution in [2.45, 2.75) is 0 Å². The fourth-order valence-corrected chi connectivity index (χ4v) is 2.72. The fourth-order valence-electron chi connectivity index (χ4n) is 2.72. The number of carbonyl (C=O) groups is 2. The van der Waals surface area contributed by atoms with Crippen LogP contribution in [0, 0.1) is 0 Å². The molecule has 8 nitrogen and oxygen atoms in total. The van der Waals surface area contributed by atoms with E-state index in [0.29, 0.717) is 0 Å². The van der Waals surface area contributed by atoms with Crippen molar-refractivity contribution in [2.75, 3.05) is 0 Å². The predicted octanol–water partition coefficient (Wildman–Crippen LogP) is 3.07. The maximum Gasteiger partial charge on any atom is 0.335 e. The maximum atomic E-state index is 11.1. The van der Waals surface area contributed by atoms with Gasteiger partial charge in [0, 0.05) is 60.4 Å². The largest absolute Gasteiger partial charge is 0.478 e. The van der Waals surface area contributed by atoms with Gasteiger partial charge in [-0.3, -0.25) is 9.59 Å². The van der Waals surface area contributed by atoms with Crippen LogP contribution in [-0.2, 0) is 0 Å². The van der Waals surface area contributed by atoms with Gasteiger partial charge in [-0.1, -0.05) is 0 Å². The third-order valence-corrected chi connectivity index (χ3v) is 4.42. The van der Waals surface area contributed by atoms with Crippen molar-refractivity contribution in [3.8, 4) is 11.4 Å². The number of pyridine rings is 2. The second-order valence-electron chi connectivity index (χ2n) is 6.59. The summed E-state index contributed by atoms with van der Waals surface area (Å²) in [5.41, 5.74) is 2.09. The van der Waals surface area contributed by atoms with E-state index < -0.39 is 11.9 Å². The molecule has 2 heterocycles. The fraction of sp³-hybridized carbons (Fsp3) is 0. The summed E-state index contributed by atoms with van der Waals surface area (Å²) in [7, 11) is 0. The topological polar surface area (TPSA) is 119 Å². The number of rotatable bonds is 4. The van der Waals surface area contributed by atoms with E-state index in [9.17, 15) is 19.2 Å². The van der Waals surface area contributed by atoms with Gasteiger partial charge < -0.3 is 19.3 Å². The summed E-state index contributed by atoms with van der Waals surface area (Å²) in [6.07, 6.45) is 6.93. The number of aromatic nitrogens is 2. The second kappa shape index (κ2) is 9.86. The molecular formula is C24H18N2O6. The zero-order valence-corrected chi connectivity index (χ0v) is 16.7. The maximum absolute atomic E-state index is 11.1. The van der Waals surface area contributed by atoms with Crippen LogP contribution >= 0.6 is 0 Å². The summed E-state index contributed by atoms with van der Waals surface area (Å²) in [6.45, 7) is 0. The van der Waals surface area contributed by atoms with Gasteiger partial charge in [-0.25, -0.2) is 9.59 Å². The van der Waals surface area contributed by atoms with Gasteiger partial charge in [-0.2, -0.15) is 0 Å². The minimum absolute atomic E-state index is 0.00821. The van der Waals surface area contributed by atoms with E-state index in [1.54, 1.807) is 24.8 Å². The van der Waals surface area contributed by atoms with Gasteiger partial charge in [0.25, 0.3) is 0 Å². The summed E-state index contributed by atoms with van der Waals surface area (Å²) in [5.74, 6) is -2.13. The molecule has 2 N–H and O–H groups in total. The number of carboxylic acid groups (broad SMARTS) is 2. The molecule has 8 heteroatoms. The summed E-state index contributed by atoms with van der Waals surface area (Å²) >= 11 is 0. The first-order valence-corrected chi connectivity index (χ1v) is 9.37. The van der Waals surface area contributed by atoms with Crippen molar-refractivity contribution in [1.29, 1.82) is 0 Å². The summed E-state index contributed by atoms with van der Waals surface area (Å²) in [6, 6.07) is 18.9. The highest BCUT2D eigenvalue weighted by molar-refractivity contribution is 5.91. The average Bonchev–Trinajstić information content (AvgIpc) is 2.81. The monoisotopic (exact) mass is 430 g/mol. The molecule has 0 aliphatic carbocycles. The standard InChI is InChI=1S/C16H12N2O2.C8H6O4/c19-15-5-9-17(10-6-15)13-1-2-14(4-3-13)18-11-7-16(20)8-12-18;9-7(10)5-1-2-6(4-3-5)8(11)12/h1-12H;1-4H,(H,9,10)(H,11,12). The Balaban J connectivity index is 0.000000207. The van der Waals surface area contributed by atoms with Crippen LogP contribution in [0.4, 0.5) is 0 Å². The van der Waals surface area contributed by atoms with E-state index in [4.69, 9.17) is 10.2 Å². The molecule has 0 spiro atoms. The van der Waals surface area contributed by atoms with Crippen LogP contribution in [-0.4, -0.2) is 31.3 Å². The highest BCUT2D eigenvalue weighted by atomic mass is 16.4. The summed E-state index contributed by atoms with van der Waals surface area (Å²) < 4.78 is 3.74. The summed E-state index contributed by atoms with van der Waals surface area (Å²) in [5, 5.41) is 16.9. The van der Waals surface area contributed by atoms with Crippen LogP contribution in [0.15, 0.2) is 107 Å². The Kier molecular flexibility index (Phi) is 6.77. The third kappa shape index (κ3) is 5.67. The molecule has 4 rings (SSSR count). The normalized spacial score (nSPS) is 10.0. The molecule has 0 saturated heterocycles. The molecule has 0 bridgehead atoms. The van der Waals surface area contributed by atoms with E-state index in [0.717, 1.165) is 11.4 Å². The molecule has 0 unspecified atom stereocenters. The molecule has 0 amide bonds. The van der Waals surface area contributed by atoms with E-state index in [1.807, 2.05) is 33.4 Å². The Bertz CT molecular complexity index is 1210. The molecule has 0 saturated carbocycles. The lowest BCUT2D eigenvalue weighted by atomic mass is 10.1. The first kappa shape index (κ1) is 22.0. The van der Waals surface area contributed by atoms with Gasteiger partial charge in [0.1, 0.15) is 0 Å². The molecule has 0 atom stereocenters. The van der Waals surface area contributed by atoms with Crippen molar-refractivity contribution in [3.63, 3.8) is 0 Å². The number of aromatic carboxylic acids is 2. The molecule has 2 aromatic heterocycles. The van der Waals surface area contributed by atoms with Crippen molar-refractivity contribution in [3.05, 3.63) is 129 Å². The van der Waals surface area contributed by atoms with Crippen LogP contribution in [0.1, 0.15) is 20.7 Å². The molecule has 4 aromatic rings. The zero-order chi connectivity index (χ0) is 23.1. The first-order chi connectivity index (χ1) is 15.3. The van der Waals surface area contributed by atoms with Gasteiger partial charge in [-0.15, -0.1) is 0 Å². The SMILES string of the molecule is O=C(O)c1ccc(C(=O)O)cc1.O=c1ccn(-c2ccc(-n3ccc(=O)cc3)cc2)cc1. The van der Waals surface area contributed by atoms with Gasteiger partial charge >= 0.3 is 11.9 Å². The smallest absolute Gasteiger partial charge is 0.335 e. The van der Waals surface area contributed by atoms with Gasteiger partial charge in [0.2, 0.25) is 0 Å². The lowest BCUT2D eigenvalue weighted by Gasteiger charge is -2.09. The Morgan fingerprint density at radius 3 is 1.03 bits per heavy atom. The lowest BCUT2D eigenvalue weighted by Crippen LogP contribution is -2.03. The van der Waals surface area contributed by atoms with Crippen molar-refractivity contribution in [1.82, 2.24) is 9.13 Å². The minimum Gasteiger partial charge on any atom is -0.478 e. The van der Waals surface area contributed by atoms with Crippen LogP contribution < -0.4 is 10.9 Å². The molecule has 0 fully saturated rings. The molecule has 0 radical (unpaired) electrons. The van der Waals surface area contributed by atoms with Gasteiger partial charge in [0.05, 0.1) is 11.1 Å². The number of hydrogen-bond donors (Lipinski definition) is 2.